The predicted molar refractivity (Wildman–Crippen MR) is 134 cm³/mol. The summed E-state index contributed by atoms with van der Waals surface area (Å²) in [6.07, 6.45) is 3.51. The number of aromatic nitrogens is 3. The van der Waals surface area contributed by atoms with Gasteiger partial charge in [0.15, 0.2) is 0 Å². The third-order valence-corrected chi connectivity index (χ3v) is 7.90. The molecule has 0 bridgehead atoms. The summed E-state index contributed by atoms with van der Waals surface area (Å²) in [6, 6.07) is 1.12. The van der Waals surface area contributed by atoms with Gasteiger partial charge in [0.05, 0.1) is 30.8 Å². The second-order valence-corrected chi connectivity index (χ2v) is 10.2. The van der Waals surface area contributed by atoms with Crippen molar-refractivity contribution in [1.82, 2.24) is 19.9 Å². The normalized spacial score (nSPS) is 23.8. The SMILES string of the molecule is COc1ncc(N2CCc3ncnc(N[C@H]4CCN(C(=O)C5CCC(OC)CC5)C4)c3C2)cc1C(F)(F)F. The smallest absolute Gasteiger partial charge is 0.421 e. The van der Waals surface area contributed by atoms with E-state index in [1.807, 2.05) is 9.80 Å². The highest BCUT2D eigenvalue weighted by atomic mass is 19.4. The van der Waals surface area contributed by atoms with Gasteiger partial charge in [-0.3, -0.25) is 4.79 Å². The number of carbonyl (C=O) groups excluding carboxylic acids is 1. The number of methoxy groups -OCH3 is 2. The molecule has 1 atom stereocenters. The molecule has 0 spiro atoms. The van der Waals surface area contributed by atoms with Crippen molar-refractivity contribution in [2.75, 3.05) is 44.1 Å². The quantitative estimate of drug-likeness (QED) is 0.600. The monoisotopic (exact) mass is 534 g/mol. The Morgan fingerprint density at radius 1 is 1.08 bits per heavy atom. The topological polar surface area (TPSA) is 92.7 Å². The summed E-state index contributed by atoms with van der Waals surface area (Å²) in [6.45, 7) is 2.15. The molecule has 0 aromatic carbocycles. The minimum Gasteiger partial charge on any atom is -0.481 e. The third-order valence-electron chi connectivity index (χ3n) is 7.90. The number of hydrogen-bond donors (Lipinski definition) is 1. The fourth-order valence-corrected chi connectivity index (χ4v) is 5.74. The molecule has 2 aromatic heterocycles. The number of likely N-dealkylation sites (tertiary alicyclic amines) is 1. The van der Waals surface area contributed by atoms with E-state index >= 15 is 0 Å². The molecule has 12 heteroatoms. The summed E-state index contributed by atoms with van der Waals surface area (Å²) in [4.78, 5) is 29.7. The minimum atomic E-state index is -4.58. The molecule has 2 aliphatic heterocycles. The molecular weight excluding hydrogens is 501 g/mol. The number of alkyl halides is 3. The number of nitrogens with zero attached hydrogens (tertiary/aromatic N) is 5. The van der Waals surface area contributed by atoms with Crippen LogP contribution in [0.5, 0.6) is 5.88 Å². The van der Waals surface area contributed by atoms with E-state index in [2.05, 4.69) is 20.3 Å². The van der Waals surface area contributed by atoms with Crippen LogP contribution in [0.2, 0.25) is 0 Å². The third kappa shape index (κ3) is 5.50. The summed E-state index contributed by atoms with van der Waals surface area (Å²) < 4.78 is 50.9. The lowest BCUT2D eigenvalue weighted by Gasteiger charge is -2.32. The summed E-state index contributed by atoms with van der Waals surface area (Å²) >= 11 is 0. The number of rotatable bonds is 6. The number of fused-ring (bicyclic) bond motifs is 1. The van der Waals surface area contributed by atoms with Gasteiger partial charge in [-0.05, 0) is 38.2 Å². The van der Waals surface area contributed by atoms with E-state index in [0.29, 0.717) is 44.1 Å². The molecule has 0 radical (unpaired) electrons. The number of anilines is 2. The Labute approximate surface area is 219 Å². The molecule has 2 fully saturated rings. The minimum absolute atomic E-state index is 0.0446. The van der Waals surface area contributed by atoms with Crippen molar-refractivity contribution in [2.45, 2.75) is 63.4 Å². The maximum atomic E-state index is 13.6. The molecule has 3 aliphatic rings. The zero-order valence-corrected chi connectivity index (χ0v) is 21.6. The van der Waals surface area contributed by atoms with Gasteiger partial charge < -0.3 is 24.6 Å². The summed E-state index contributed by atoms with van der Waals surface area (Å²) in [5.41, 5.74) is 1.18. The van der Waals surface area contributed by atoms with E-state index in [-0.39, 0.29) is 24.0 Å². The zero-order valence-electron chi connectivity index (χ0n) is 21.6. The molecule has 206 valence electrons. The standard InChI is InChI=1S/C26H33F3N6O3/c1-37-19-5-3-16(4-6-19)25(36)35-9-7-17(13-35)33-23-20-14-34(10-8-22(20)31-15-32-23)18-11-21(26(27,28)29)24(38-2)30-12-18/h11-12,15-17,19H,3-10,13-14H2,1-2H3,(H,31,32,33)/t16?,17-,19?/m0/s1. The molecule has 1 saturated carbocycles. The van der Waals surface area contributed by atoms with Crippen LogP contribution in [-0.2, 0) is 28.7 Å². The van der Waals surface area contributed by atoms with Crippen molar-refractivity contribution in [3.63, 3.8) is 0 Å². The first-order valence-corrected chi connectivity index (χ1v) is 13.0. The lowest BCUT2D eigenvalue weighted by molar-refractivity contribution is -0.139. The Bertz CT molecular complexity index is 1160. The lowest BCUT2D eigenvalue weighted by Crippen LogP contribution is -2.38. The highest BCUT2D eigenvalue weighted by molar-refractivity contribution is 5.79. The van der Waals surface area contributed by atoms with Crippen LogP contribution >= 0.6 is 0 Å². The highest BCUT2D eigenvalue weighted by Gasteiger charge is 2.37. The van der Waals surface area contributed by atoms with Crippen molar-refractivity contribution < 1.29 is 27.4 Å². The van der Waals surface area contributed by atoms with Gasteiger partial charge in [0, 0.05) is 57.2 Å². The maximum absolute atomic E-state index is 13.6. The fourth-order valence-electron chi connectivity index (χ4n) is 5.74. The Morgan fingerprint density at radius 2 is 1.87 bits per heavy atom. The Kier molecular flexibility index (Phi) is 7.60. The van der Waals surface area contributed by atoms with Crippen LogP contribution < -0.4 is 15.0 Å². The molecule has 2 aromatic rings. The molecule has 1 saturated heterocycles. The van der Waals surface area contributed by atoms with E-state index in [0.717, 1.165) is 49.4 Å². The van der Waals surface area contributed by atoms with E-state index in [4.69, 9.17) is 9.47 Å². The second kappa shape index (κ2) is 10.9. The average Bonchev–Trinajstić information content (AvgIpc) is 3.40. The number of amides is 1. The number of halogens is 3. The molecular formula is C26H33F3N6O3. The largest absolute Gasteiger partial charge is 0.481 e. The van der Waals surface area contributed by atoms with Gasteiger partial charge in [-0.1, -0.05) is 0 Å². The molecule has 1 N–H and O–H groups in total. The van der Waals surface area contributed by atoms with Crippen LogP contribution in [-0.4, -0.2) is 71.8 Å². The Balaban J connectivity index is 1.26. The van der Waals surface area contributed by atoms with Crippen molar-refractivity contribution in [2.24, 2.45) is 5.92 Å². The lowest BCUT2D eigenvalue weighted by atomic mass is 9.86. The van der Waals surface area contributed by atoms with Crippen LogP contribution in [0.4, 0.5) is 24.7 Å². The molecule has 1 aliphatic carbocycles. The van der Waals surface area contributed by atoms with Gasteiger partial charge in [0.1, 0.15) is 17.7 Å². The van der Waals surface area contributed by atoms with Crippen molar-refractivity contribution >= 4 is 17.4 Å². The number of nitrogens with one attached hydrogen (secondary N) is 1. The van der Waals surface area contributed by atoms with E-state index < -0.39 is 17.6 Å². The zero-order chi connectivity index (χ0) is 26.9. The number of hydrogen-bond acceptors (Lipinski definition) is 8. The van der Waals surface area contributed by atoms with E-state index in [1.54, 1.807) is 7.11 Å². The van der Waals surface area contributed by atoms with Crippen LogP contribution in [0.3, 0.4) is 0 Å². The Morgan fingerprint density at radius 3 is 2.58 bits per heavy atom. The van der Waals surface area contributed by atoms with E-state index in [9.17, 15) is 18.0 Å². The number of carbonyl (C=O) groups is 1. The Hall–Kier alpha value is -3.15. The molecule has 38 heavy (non-hydrogen) atoms. The van der Waals surface area contributed by atoms with Gasteiger partial charge in [0.25, 0.3) is 0 Å². The number of pyridine rings is 1. The molecule has 9 nitrogen and oxygen atoms in total. The van der Waals surface area contributed by atoms with Crippen LogP contribution in [0, 0.1) is 5.92 Å². The van der Waals surface area contributed by atoms with E-state index in [1.165, 1.54) is 19.6 Å². The highest BCUT2D eigenvalue weighted by Crippen LogP contribution is 2.38. The van der Waals surface area contributed by atoms with Gasteiger partial charge in [-0.15, -0.1) is 0 Å². The maximum Gasteiger partial charge on any atom is 0.421 e. The van der Waals surface area contributed by atoms with Gasteiger partial charge in [-0.25, -0.2) is 15.0 Å². The molecule has 5 rings (SSSR count). The van der Waals surface area contributed by atoms with Crippen LogP contribution in [0.15, 0.2) is 18.6 Å². The molecule has 1 amide bonds. The predicted octanol–water partition coefficient (Wildman–Crippen LogP) is 3.68. The first kappa shape index (κ1) is 26.5. The summed E-state index contributed by atoms with van der Waals surface area (Å²) in [5.74, 6) is 0.487. The number of ether oxygens (including phenoxy) is 2. The average molecular weight is 535 g/mol. The van der Waals surface area contributed by atoms with Gasteiger partial charge >= 0.3 is 6.18 Å². The molecule has 4 heterocycles. The second-order valence-electron chi connectivity index (χ2n) is 10.2. The van der Waals surface area contributed by atoms with Gasteiger partial charge in [-0.2, -0.15) is 13.2 Å². The van der Waals surface area contributed by atoms with Crippen molar-refractivity contribution in [1.29, 1.82) is 0 Å². The van der Waals surface area contributed by atoms with Crippen LogP contribution in [0.1, 0.15) is 48.9 Å². The first-order chi connectivity index (χ1) is 18.3. The fraction of sp³-hybridized carbons (Fsp3) is 0.615. The van der Waals surface area contributed by atoms with Crippen molar-refractivity contribution in [3.05, 3.63) is 35.4 Å². The summed E-state index contributed by atoms with van der Waals surface area (Å²) in [5, 5.41) is 3.49. The molecule has 0 unspecified atom stereocenters. The first-order valence-electron chi connectivity index (χ1n) is 13.0. The summed E-state index contributed by atoms with van der Waals surface area (Å²) in [7, 11) is 2.90. The van der Waals surface area contributed by atoms with Gasteiger partial charge in [0.2, 0.25) is 11.8 Å². The van der Waals surface area contributed by atoms with Crippen molar-refractivity contribution in [3.8, 4) is 5.88 Å². The van der Waals surface area contributed by atoms with Crippen LogP contribution in [0.25, 0.3) is 0 Å².